The van der Waals surface area contributed by atoms with E-state index in [-0.39, 0.29) is 0 Å². The molecule has 1 heterocycles. The number of aromatic amines is 1. The molecule has 3 heteroatoms. The molecule has 0 atom stereocenters. The monoisotopic (exact) mass is 188 g/mol. The van der Waals surface area contributed by atoms with Crippen molar-refractivity contribution < 1.29 is 4.79 Å². The Morgan fingerprint density at radius 3 is 3.00 bits per heavy atom. The van der Waals surface area contributed by atoms with E-state index in [4.69, 9.17) is 0 Å². The fourth-order valence-electron chi connectivity index (χ4n) is 1.65. The Bertz CT molecular complexity index is 459. The van der Waals surface area contributed by atoms with Gasteiger partial charge in [0, 0.05) is 16.6 Å². The summed E-state index contributed by atoms with van der Waals surface area (Å²) in [4.78, 5) is 13.5. The Morgan fingerprint density at radius 1 is 1.43 bits per heavy atom. The Balaban J connectivity index is 2.50. The van der Waals surface area contributed by atoms with E-state index in [2.05, 4.69) is 10.3 Å². The molecule has 2 rings (SSSR count). The summed E-state index contributed by atoms with van der Waals surface area (Å²) in [6.07, 6.45) is 0.862. The highest BCUT2D eigenvalue weighted by Gasteiger charge is 2.05. The van der Waals surface area contributed by atoms with Crippen LogP contribution in [0.15, 0.2) is 24.3 Å². The summed E-state index contributed by atoms with van der Waals surface area (Å²) in [5, 5.41) is 4.22. The average Bonchev–Trinajstić information content (AvgIpc) is 2.51. The zero-order valence-electron chi connectivity index (χ0n) is 8.00. The molecule has 2 aromatic rings. The lowest BCUT2D eigenvalue weighted by molar-refractivity contribution is -0.106. The largest absolute Gasteiger partial charge is 0.376 e. The lowest BCUT2D eigenvalue weighted by atomic mass is 10.2. The molecule has 72 valence electrons. The molecule has 0 saturated heterocycles. The van der Waals surface area contributed by atoms with Crippen molar-refractivity contribution in [3.05, 3.63) is 30.0 Å². The quantitative estimate of drug-likeness (QED) is 0.724. The van der Waals surface area contributed by atoms with E-state index < -0.39 is 0 Å². The predicted molar refractivity (Wildman–Crippen MR) is 57.6 cm³/mol. The van der Waals surface area contributed by atoms with Gasteiger partial charge >= 0.3 is 0 Å². The Kier molecular flexibility index (Phi) is 2.23. The van der Waals surface area contributed by atoms with Crippen LogP contribution >= 0.6 is 0 Å². The SMILES string of the molecule is Cc1[nH]c2ccccc2c1NCC=O. The van der Waals surface area contributed by atoms with Crippen molar-refractivity contribution in [3.63, 3.8) is 0 Å². The van der Waals surface area contributed by atoms with Gasteiger partial charge in [0.1, 0.15) is 6.29 Å². The van der Waals surface area contributed by atoms with E-state index >= 15 is 0 Å². The summed E-state index contributed by atoms with van der Waals surface area (Å²) in [7, 11) is 0. The molecule has 0 radical (unpaired) electrons. The molecule has 0 saturated carbocycles. The van der Waals surface area contributed by atoms with Crippen molar-refractivity contribution >= 4 is 22.9 Å². The first-order valence-electron chi connectivity index (χ1n) is 4.57. The number of anilines is 1. The highest BCUT2D eigenvalue weighted by atomic mass is 16.1. The molecule has 14 heavy (non-hydrogen) atoms. The molecule has 0 spiro atoms. The zero-order valence-corrected chi connectivity index (χ0v) is 8.00. The molecule has 0 fully saturated rings. The van der Waals surface area contributed by atoms with Crippen LogP contribution in [0, 0.1) is 6.92 Å². The molecule has 3 nitrogen and oxygen atoms in total. The Hall–Kier alpha value is -1.77. The summed E-state index contributed by atoms with van der Waals surface area (Å²) >= 11 is 0. The smallest absolute Gasteiger partial charge is 0.139 e. The van der Waals surface area contributed by atoms with E-state index in [1.807, 2.05) is 31.2 Å². The van der Waals surface area contributed by atoms with Crippen LogP contribution in [0.2, 0.25) is 0 Å². The van der Waals surface area contributed by atoms with E-state index in [1.165, 1.54) is 0 Å². The van der Waals surface area contributed by atoms with Gasteiger partial charge in [-0.15, -0.1) is 0 Å². The minimum atomic E-state index is 0.350. The van der Waals surface area contributed by atoms with Crippen molar-refractivity contribution in [1.82, 2.24) is 4.98 Å². The maximum atomic E-state index is 10.3. The molecule has 1 aromatic carbocycles. The van der Waals surface area contributed by atoms with Crippen molar-refractivity contribution in [2.45, 2.75) is 6.92 Å². The predicted octanol–water partition coefficient (Wildman–Crippen LogP) is 2.09. The maximum Gasteiger partial charge on any atom is 0.139 e. The lowest BCUT2D eigenvalue weighted by Crippen LogP contribution is -2.02. The Morgan fingerprint density at radius 2 is 2.21 bits per heavy atom. The van der Waals surface area contributed by atoms with Gasteiger partial charge < -0.3 is 15.1 Å². The highest BCUT2D eigenvalue weighted by Crippen LogP contribution is 2.26. The number of aromatic nitrogens is 1. The van der Waals surface area contributed by atoms with Crippen LogP contribution in [0.3, 0.4) is 0 Å². The molecule has 0 unspecified atom stereocenters. The van der Waals surface area contributed by atoms with Gasteiger partial charge in [-0.1, -0.05) is 18.2 Å². The van der Waals surface area contributed by atoms with Gasteiger partial charge in [0.15, 0.2) is 0 Å². The number of rotatable bonds is 3. The molecular weight excluding hydrogens is 176 g/mol. The van der Waals surface area contributed by atoms with E-state index in [1.54, 1.807) is 0 Å². The third kappa shape index (κ3) is 1.37. The minimum absolute atomic E-state index is 0.350. The number of carbonyl (C=O) groups is 1. The normalized spacial score (nSPS) is 10.4. The lowest BCUT2D eigenvalue weighted by Gasteiger charge is -2.00. The summed E-state index contributed by atoms with van der Waals surface area (Å²) in [5.41, 5.74) is 3.18. The van der Waals surface area contributed by atoms with E-state index in [9.17, 15) is 4.79 Å². The molecule has 0 aliphatic heterocycles. The molecule has 0 aliphatic carbocycles. The number of hydrogen-bond acceptors (Lipinski definition) is 2. The highest BCUT2D eigenvalue weighted by molar-refractivity contribution is 5.94. The van der Waals surface area contributed by atoms with Gasteiger partial charge in [0.05, 0.1) is 12.2 Å². The molecule has 0 bridgehead atoms. The molecule has 2 N–H and O–H groups in total. The van der Waals surface area contributed by atoms with Crippen LogP contribution < -0.4 is 5.32 Å². The van der Waals surface area contributed by atoms with Crippen LogP contribution in [0.25, 0.3) is 10.9 Å². The Labute approximate surface area is 82.1 Å². The number of carbonyl (C=O) groups excluding carboxylic acids is 1. The second kappa shape index (κ2) is 3.54. The first-order chi connectivity index (χ1) is 6.83. The van der Waals surface area contributed by atoms with Crippen LogP contribution in [0.1, 0.15) is 5.69 Å². The number of aryl methyl sites for hydroxylation is 1. The van der Waals surface area contributed by atoms with Crippen molar-refractivity contribution in [1.29, 1.82) is 0 Å². The van der Waals surface area contributed by atoms with E-state index in [0.717, 1.165) is 28.6 Å². The van der Waals surface area contributed by atoms with Gasteiger partial charge in [0.2, 0.25) is 0 Å². The second-order valence-electron chi connectivity index (χ2n) is 3.22. The minimum Gasteiger partial charge on any atom is -0.376 e. The fourth-order valence-corrected chi connectivity index (χ4v) is 1.65. The number of hydrogen-bond donors (Lipinski definition) is 2. The van der Waals surface area contributed by atoms with Crippen LogP contribution in [0.5, 0.6) is 0 Å². The van der Waals surface area contributed by atoms with Gasteiger partial charge in [-0.05, 0) is 13.0 Å². The maximum absolute atomic E-state index is 10.3. The standard InChI is InChI=1S/C11H12N2O/c1-8-11(12-6-7-14)9-4-2-3-5-10(9)13-8/h2-5,7,12-13H,6H2,1H3. The number of para-hydroxylation sites is 1. The summed E-state index contributed by atoms with van der Waals surface area (Å²) < 4.78 is 0. The number of fused-ring (bicyclic) bond motifs is 1. The molecule has 0 aliphatic rings. The number of nitrogens with one attached hydrogen (secondary N) is 2. The van der Waals surface area contributed by atoms with Crippen molar-refractivity contribution in [2.75, 3.05) is 11.9 Å². The first-order valence-corrected chi connectivity index (χ1v) is 4.57. The van der Waals surface area contributed by atoms with Crippen LogP contribution in [-0.4, -0.2) is 17.8 Å². The summed E-state index contributed by atoms with van der Waals surface area (Å²) in [5.74, 6) is 0. The summed E-state index contributed by atoms with van der Waals surface area (Å²) in [6.45, 7) is 2.34. The van der Waals surface area contributed by atoms with E-state index in [0.29, 0.717) is 6.54 Å². The van der Waals surface area contributed by atoms with Crippen molar-refractivity contribution in [2.24, 2.45) is 0 Å². The molecular formula is C11H12N2O. The van der Waals surface area contributed by atoms with Crippen LogP contribution in [-0.2, 0) is 4.79 Å². The van der Waals surface area contributed by atoms with Gasteiger partial charge in [-0.3, -0.25) is 0 Å². The number of H-pyrrole nitrogens is 1. The third-order valence-electron chi connectivity index (χ3n) is 2.26. The fraction of sp³-hybridized carbons (Fsp3) is 0.182. The molecule has 1 aromatic heterocycles. The molecule has 0 amide bonds. The van der Waals surface area contributed by atoms with Gasteiger partial charge in [0.25, 0.3) is 0 Å². The van der Waals surface area contributed by atoms with Crippen molar-refractivity contribution in [3.8, 4) is 0 Å². The second-order valence-corrected chi connectivity index (χ2v) is 3.22. The summed E-state index contributed by atoms with van der Waals surface area (Å²) in [6, 6.07) is 8.03. The van der Waals surface area contributed by atoms with Gasteiger partial charge in [-0.2, -0.15) is 0 Å². The average molecular weight is 188 g/mol. The van der Waals surface area contributed by atoms with Crippen LogP contribution in [0.4, 0.5) is 5.69 Å². The third-order valence-corrected chi connectivity index (χ3v) is 2.26. The van der Waals surface area contributed by atoms with Gasteiger partial charge in [-0.25, -0.2) is 0 Å². The number of benzene rings is 1. The zero-order chi connectivity index (χ0) is 9.97. The first kappa shape index (κ1) is 8.81. The number of aldehydes is 1. The topological polar surface area (TPSA) is 44.9 Å².